The number of ether oxygens (including phenoxy) is 9. The SMILES string of the molecule is COc1cc(OC)c(C(=C\C(=O)c2cc(OC)c(OC)c(OC)c2)/C=C/c2cc(OC)c(OC)c(OC)c2)cc1OC. The lowest BCUT2D eigenvalue weighted by Gasteiger charge is -2.16. The summed E-state index contributed by atoms with van der Waals surface area (Å²) in [5, 5.41) is 0. The van der Waals surface area contributed by atoms with Crippen molar-refractivity contribution in [2.24, 2.45) is 0 Å². The Morgan fingerprint density at radius 1 is 0.500 bits per heavy atom. The van der Waals surface area contributed by atoms with Crippen LogP contribution in [0.4, 0.5) is 0 Å². The summed E-state index contributed by atoms with van der Waals surface area (Å²) in [5.41, 5.74) is 2.15. The van der Waals surface area contributed by atoms with E-state index in [0.29, 0.717) is 68.4 Å². The van der Waals surface area contributed by atoms with Crippen LogP contribution in [0.2, 0.25) is 0 Å². The fourth-order valence-corrected chi connectivity index (χ4v) is 4.30. The van der Waals surface area contributed by atoms with Crippen LogP contribution in [0.1, 0.15) is 21.5 Å². The number of ketones is 1. The molecule has 0 atom stereocenters. The second-order valence-corrected chi connectivity index (χ2v) is 8.58. The van der Waals surface area contributed by atoms with Gasteiger partial charge in [0.15, 0.2) is 40.3 Å². The molecule has 224 valence electrons. The van der Waals surface area contributed by atoms with E-state index in [1.807, 2.05) is 6.08 Å². The van der Waals surface area contributed by atoms with Crippen molar-refractivity contribution < 1.29 is 47.4 Å². The van der Waals surface area contributed by atoms with Crippen molar-refractivity contribution in [1.82, 2.24) is 0 Å². The largest absolute Gasteiger partial charge is 0.496 e. The molecule has 0 aliphatic heterocycles. The molecule has 10 heteroatoms. The quantitative estimate of drug-likeness (QED) is 0.133. The van der Waals surface area contributed by atoms with Crippen molar-refractivity contribution in [3.63, 3.8) is 0 Å². The number of hydrogen-bond donors (Lipinski definition) is 0. The number of hydrogen-bond acceptors (Lipinski definition) is 10. The van der Waals surface area contributed by atoms with Gasteiger partial charge in [0.1, 0.15) is 5.75 Å². The molecule has 0 bridgehead atoms. The van der Waals surface area contributed by atoms with Gasteiger partial charge < -0.3 is 42.6 Å². The predicted molar refractivity (Wildman–Crippen MR) is 160 cm³/mol. The predicted octanol–water partition coefficient (Wildman–Crippen LogP) is 5.74. The summed E-state index contributed by atoms with van der Waals surface area (Å²) in [6.45, 7) is 0. The molecule has 0 radical (unpaired) electrons. The summed E-state index contributed by atoms with van der Waals surface area (Å²) in [7, 11) is 13.7. The van der Waals surface area contributed by atoms with Gasteiger partial charge in [-0.1, -0.05) is 12.2 Å². The van der Waals surface area contributed by atoms with E-state index in [4.69, 9.17) is 42.6 Å². The van der Waals surface area contributed by atoms with E-state index < -0.39 is 0 Å². The van der Waals surface area contributed by atoms with Crippen molar-refractivity contribution in [2.75, 3.05) is 64.0 Å². The van der Waals surface area contributed by atoms with E-state index in [1.165, 1.54) is 55.8 Å². The zero-order valence-electron chi connectivity index (χ0n) is 25.3. The average Bonchev–Trinajstić information content (AvgIpc) is 3.04. The first-order valence-electron chi connectivity index (χ1n) is 12.7. The highest BCUT2D eigenvalue weighted by Gasteiger charge is 2.19. The smallest absolute Gasteiger partial charge is 0.203 e. The van der Waals surface area contributed by atoms with Gasteiger partial charge >= 0.3 is 0 Å². The minimum absolute atomic E-state index is 0.322. The van der Waals surface area contributed by atoms with Gasteiger partial charge in [0.2, 0.25) is 11.5 Å². The van der Waals surface area contributed by atoms with Gasteiger partial charge in [0, 0.05) is 17.2 Å². The molecule has 0 aliphatic carbocycles. The average molecular weight is 581 g/mol. The fraction of sp³-hybridized carbons (Fsp3) is 0.281. The van der Waals surface area contributed by atoms with E-state index >= 15 is 0 Å². The third-order valence-electron chi connectivity index (χ3n) is 6.39. The molecule has 0 aromatic heterocycles. The topological polar surface area (TPSA) is 100 Å². The molecule has 3 aromatic carbocycles. The standard InChI is InChI=1S/C32H36O10/c1-34-24-18-26(36-3)25(35-2)17-22(24)20(11-10-19-12-27(37-4)31(41-8)28(13-19)38-5)14-23(33)21-15-29(39-6)32(42-9)30(16-21)40-7/h10-18H,1-9H3/b11-10+,20-14-. The number of allylic oxidation sites excluding steroid dienone is 3. The van der Waals surface area contributed by atoms with Crippen LogP contribution in [0, 0.1) is 0 Å². The first-order valence-corrected chi connectivity index (χ1v) is 12.7. The van der Waals surface area contributed by atoms with Gasteiger partial charge in [-0.3, -0.25) is 4.79 Å². The maximum Gasteiger partial charge on any atom is 0.203 e. The summed E-state index contributed by atoms with van der Waals surface area (Å²) in [6, 6.07) is 10.2. The van der Waals surface area contributed by atoms with Crippen LogP contribution >= 0.6 is 0 Å². The molecule has 3 rings (SSSR count). The van der Waals surface area contributed by atoms with Crippen LogP contribution in [0.25, 0.3) is 11.6 Å². The van der Waals surface area contributed by atoms with Crippen molar-refractivity contribution in [3.8, 4) is 51.7 Å². The summed E-state index contributed by atoms with van der Waals surface area (Å²) < 4.78 is 49.4. The Hall–Kier alpha value is -4.99. The van der Waals surface area contributed by atoms with Crippen LogP contribution in [-0.4, -0.2) is 69.8 Å². The lowest BCUT2D eigenvalue weighted by molar-refractivity contribution is 0.104. The molecule has 0 saturated carbocycles. The van der Waals surface area contributed by atoms with E-state index in [-0.39, 0.29) is 5.78 Å². The van der Waals surface area contributed by atoms with Crippen molar-refractivity contribution >= 4 is 17.4 Å². The molecular weight excluding hydrogens is 544 g/mol. The van der Waals surface area contributed by atoms with E-state index in [2.05, 4.69) is 0 Å². The van der Waals surface area contributed by atoms with Gasteiger partial charge in [0.25, 0.3) is 0 Å². The Morgan fingerprint density at radius 3 is 1.36 bits per heavy atom. The number of carbonyl (C=O) groups is 1. The molecule has 42 heavy (non-hydrogen) atoms. The maximum absolute atomic E-state index is 13.7. The van der Waals surface area contributed by atoms with Gasteiger partial charge in [-0.15, -0.1) is 0 Å². The van der Waals surface area contributed by atoms with Crippen LogP contribution in [-0.2, 0) is 0 Å². The normalized spacial score (nSPS) is 11.1. The van der Waals surface area contributed by atoms with Crippen molar-refractivity contribution in [3.05, 3.63) is 65.2 Å². The molecule has 3 aromatic rings. The third kappa shape index (κ3) is 6.65. The van der Waals surface area contributed by atoms with Crippen molar-refractivity contribution in [1.29, 1.82) is 0 Å². The van der Waals surface area contributed by atoms with E-state index in [9.17, 15) is 4.79 Å². The second-order valence-electron chi connectivity index (χ2n) is 8.58. The Morgan fingerprint density at radius 2 is 0.929 bits per heavy atom. The molecule has 0 heterocycles. The summed E-state index contributed by atoms with van der Waals surface area (Å²) in [5.74, 6) is 3.60. The number of carbonyl (C=O) groups excluding carboxylic acids is 1. The molecule has 0 unspecified atom stereocenters. The zero-order valence-corrected chi connectivity index (χ0v) is 25.3. The number of benzene rings is 3. The van der Waals surface area contributed by atoms with Gasteiger partial charge in [0.05, 0.1) is 64.0 Å². The second kappa shape index (κ2) is 14.6. The van der Waals surface area contributed by atoms with Gasteiger partial charge in [-0.05, 0) is 47.5 Å². The third-order valence-corrected chi connectivity index (χ3v) is 6.39. The van der Waals surface area contributed by atoms with E-state index in [0.717, 1.165) is 5.56 Å². The first-order chi connectivity index (χ1) is 20.3. The Bertz CT molecular complexity index is 1420. The Kier molecular flexibility index (Phi) is 11.0. The summed E-state index contributed by atoms with van der Waals surface area (Å²) >= 11 is 0. The molecule has 0 amide bonds. The number of rotatable bonds is 14. The van der Waals surface area contributed by atoms with E-state index in [1.54, 1.807) is 56.7 Å². The van der Waals surface area contributed by atoms with Crippen LogP contribution in [0.3, 0.4) is 0 Å². The molecule has 0 aliphatic rings. The minimum atomic E-state index is -0.323. The maximum atomic E-state index is 13.7. The Labute approximate surface area is 245 Å². The van der Waals surface area contributed by atoms with Crippen LogP contribution in [0.15, 0.2) is 48.6 Å². The zero-order chi connectivity index (χ0) is 30.8. The molecular formula is C32H36O10. The van der Waals surface area contributed by atoms with Gasteiger partial charge in [-0.25, -0.2) is 0 Å². The highest BCUT2D eigenvalue weighted by Crippen LogP contribution is 2.42. The fourth-order valence-electron chi connectivity index (χ4n) is 4.30. The number of methoxy groups -OCH3 is 9. The highest BCUT2D eigenvalue weighted by atomic mass is 16.5. The first kappa shape index (κ1) is 31.5. The molecule has 0 spiro atoms. The molecule has 0 N–H and O–H groups in total. The lowest BCUT2D eigenvalue weighted by Crippen LogP contribution is -2.02. The lowest BCUT2D eigenvalue weighted by atomic mass is 9.98. The van der Waals surface area contributed by atoms with Crippen LogP contribution < -0.4 is 42.6 Å². The van der Waals surface area contributed by atoms with Gasteiger partial charge in [-0.2, -0.15) is 0 Å². The monoisotopic (exact) mass is 580 g/mol. The molecule has 0 saturated heterocycles. The summed E-state index contributed by atoms with van der Waals surface area (Å²) in [6.07, 6.45) is 5.08. The Balaban J connectivity index is 2.25. The highest BCUT2D eigenvalue weighted by molar-refractivity contribution is 6.11. The van der Waals surface area contributed by atoms with Crippen LogP contribution in [0.5, 0.6) is 51.7 Å². The molecule has 0 fully saturated rings. The summed E-state index contributed by atoms with van der Waals surface area (Å²) in [4.78, 5) is 13.7. The minimum Gasteiger partial charge on any atom is -0.496 e. The van der Waals surface area contributed by atoms with Crippen molar-refractivity contribution in [2.45, 2.75) is 0 Å². The molecule has 10 nitrogen and oxygen atoms in total.